The molecule has 0 aliphatic heterocycles. The van der Waals surface area contributed by atoms with E-state index in [1.54, 1.807) is 14.2 Å². The Balaban J connectivity index is 0.00000529. The fraction of sp³-hybridized carbons (Fsp3) is 0.611. The molecule has 1 rings (SSSR count). The van der Waals surface area contributed by atoms with Crippen molar-refractivity contribution in [2.24, 2.45) is 4.99 Å². The van der Waals surface area contributed by atoms with Gasteiger partial charge in [0.15, 0.2) is 5.96 Å². The van der Waals surface area contributed by atoms with Crippen molar-refractivity contribution in [3.05, 3.63) is 29.8 Å². The van der Waals surface area contributed by atoms with Gasteiger partial charge in [-0.05, 0) is 31.4 Å². The number of benzene rings is 1. The summed E-state index contributed by atoms with van der Waals surface area (Å²) >= 11 is 0. The van der Waals surface area contributed by atoms with Gasteiger partial charge in [0.1, 0.15) is 12.4 Å². The third kappa shape index (κ3) is 8.19. The molecule has 138 valence electrons. The van der Waals surface area contributed by atoms with Gasteiger partial charge in [-0.1, -0.05) is 32.0 Å². The molecule has 0 saturated carbocycles. The SMILES string of the molecule is CN=C(NCCOc1ccccc1C(C)C)NCC(C)(C)OC.I. The summed E-state index contributed by atoms with van der Waals surface area (Å²) < 4.78 is 11.3. The Bertz CT molecular complexity index is 505. The van der Waals surface area contributed by atoms with Crippen molar-refractivity contribution >= 4 is 29.9 Å². The van der Waals surface area contributed by atoms with Crippen LogP contribution in [0.4, 0.5) is 0 Å². The van der Waals surface area contributed by atoms with E-state index in [2.05, 4.69) is 35.5 Å². The average Bonchev–Trinajstić information content (AvgIpc) is 2.54. The number of rotatable bonds is 8. The summed E-state index contributed by atoms with van der Waals surface area (Å²) in [6.07, 6.45) is 0. The molecule has 0 heterocycles. The number of aliphatic imine (C=N–C) groups is 1. The molecule has 5 nitrogen and oxygen atoms in total. The van der Waals surface area contributed by atoms with E-state index in [1.807, 2.05) is 32.0 Å². The molecular formula is C18H32IN3O2. The van der Waals surface area contributed by atoms with E-state index in [1.165, 1.54) is 5.56 Å². The van der Waals surface area contributed by atoms with Gasteiger partial charge in [0.05, 0.1) is 12.1 Å². The van der Waals surface area contributed by atoms with Crippen LogP contribution in [-0.2, 0) is 4.74 Å². The molecule has 0 saturated heterocycles. The van der Waals surface area contributed by atoms with Crippen LogP contribution in [0.3, 0.4) is 0 Å². The van der Waals surface area contributed by atoms with Crippen molar-refractivity contribution < 1.29 is 9.47 Å². The van der Waals surface area contributed by atoms with Crippen LogP contribution in [0, 0.1) is 0 Å². The van der Waals surface area contributed by atoms with Gasteiger partial charge in [-0.2, -0.15) is 0 Å². The molecule has 24 heavy (non-hydrogen) atoms. The molecule has 0 amide bonds. The second kappa shape index (κ2) is 11.5. The number of hydrogen-bond donors (Lipinski definition) is 2. The zero-order valence-electron chi connectivity index (χ0n) is 15.7. The van der Waals surface area contributed by atoms with Crippen LogP contribution in [0.1, 0.15) is 39.2 Å². The number of methoxy groups -OCH3 is 1. The lowest BCUT2D eigenvalue weighted by Gasteiger charge is -2.24. The normalized spacial score (nSPS) is 11.9. The van der Waals surface area contributed by atoms with E-state index in [0.29, 0.717) is 25.6 Å². The van der Waals surface area contributed by atoms with Gasteiger partial charge >= 0.3 is 0 Å². The molecule has 0 spiro atoms. The smallest absolute Gasteiger partial charge is 0.191 e. The van der Waals surface area contributed by atoms with E-state index in [9.17, 15) is 0 Å². The quantitative estimate of drug-likeness (QED) is 0.277. The zero-order chi connectivity index (χ0) is 17.3. The molecule has 1 aromatic carbocycles. The van der Waals surface area contributed by atoms with Crippen LogP contribution in [0.25, 0.3) is 0 Å². The fourth-order valence-corrected chi connectivity index (χ4v) is 2.01. The zero-order valence-corrected chi connectivity index (χ0v) is 18.0. The van der Waals surface area contributed by atoms with Gasteiger partial charge in [-0.3, -0.25) is 4.99 Å². The molecule has 0 unspecified atom stereocenters. The summed E-state index contributed by atoms with van der Waals surface area (Å²) in [5, 5.41) is 6.49. The Hall–Kier alpha value is -1.02. The number of hydrogen-bond acceptors (Lipinski definition) is 3. The van der Waals surface area contributed by atoms with Gasteiger partial charge < -0.3 is 20.1 Å². The lowest BCUT2D eigenvalue weighted by molar-refractivity contribution is 0.0268. The molecule has 0 aliphatic carbocycles. The minimum Gasteiger partial charge on any atom is -0.491 e. The summed E-state index contributed by atoms with van der Waals surface area (Å²) in [6.45, 7) is 10.3. The average molecular weight is 449 g/mol. The molecule has 0 aliphatic rings. The van der Waals surface area contributed by atoms with Crippen molar-refractivity contribution in [1.82, 2.24) is 10.6 Å². The maximum Gasteiger partial charge on any atom is 0.191 e. The highest BCUT2D eigenvalue weighted by atomic mass is 127. The van der Waals surface area contributed by atoms with Gasteiger partial charge in [0.25, 0.3) is 0 Å². The standard InChI is InChI=1S/C18H31N3O2.HI/c1-14(2)15-9-7-8-10-16(15)23-12-11-20-17(19-5)21-13-18(3,4)22-6;/h7-10,14H,11-13H2,1-6H3,(H2,19,20,21);1H. The highest BCUT2D eigenvalue weighted by Crippen LogP contribution is 2.25. The molecule has 2 N–H and O–H groups in total. The van der Waals surface area contributed by atoms with E-state index in [4.69, 9.17) is 9.47 Å². The lowest BCUT2D eigenvalue weighted by atomic mass is 10.0. The largest absolute Gasteiger partial charge is 0.491 e. The Morgan fingerprint density at radius 1 is 1.21 bits per heavy atom. The third-order valence-electron chi connectivity index (χ3n) is 3.65. The van der Waals surface area contributed by atoms with Crippen LogP contribution in [0.2, 0.25) is 0 Å². The molecule has 0 aromatic heterocycles. The number of nitrogens with one attached hydrogen (secondary N) is 2. The Kier molecular flexibility index (Phi) is 11.0. The number of halogens is 1. The first-order valence-electron chi connectivity index (χ1n) is 8.11. The molecule has 0 radical (unpaired) electrons. The molecule has 0 atom stereocenters. The van der Waals surface area contributed by atoms with Crippen molar-refractivity contribution in [2.45, 2.75) is 39.2 Å². The lowest BCUT2D eigenvalue weighted by Crippen LogP contribution is -2.46. The van der Waals surface area contributed by atoms with Crippen molar-refractivity contribution in [3.8, 4) is 5.75 Å². The molecule has 6 heteroatoms. The van der Waals surface area contributed by atoms with Crippen LogP contribution in [-0.4, -0.2) is 45.4 Å². The number of ether oxygens (including phenoxy) is 2. The summed E-state index contributed by atoms with van der Waals surface area (Å²) in [7, 11) is 3.46. The van der Waals surface area contributed by atoms with Gasteiger partial charge in [-0.25, -0.2) is 0 Å². The Morgan fingerprint density at radius 3 is 2.46 bits per heavy atom. The predicted octanol–water partition coefficient (Wildman–Crippen LogP) is 3.40. The summed E-state index contributed by atoms with van der Waals surface area (Å²) in [4.78, 5) is 4.20. The molecule has 1 aromatic rings. The van der Waals surface area contributed by atoms with Gasteiger partial charge in [0, 0.05) is 20.7 Å². The number of guanidine groups is 1. The van der Waals surface area contributed by atoms with Crippen molar-refractivity contribution in [3.63, 3.8) is 0 Å². The van der Waals surface area contributed by atoms with Crippen LogP contribution < -0.4 is 15.4 Å². The van der Waals surface area contributed by atoms with Crippen molar-refractivity contribution in [1.29, 1.82) is 0 Å². The first-order chi connectivity index (χ1) is 10.9. The number of para-hydroxylation sites is 1. The summed E-state index contributed by atoms with van der Waals surface area (Å²) in [5.74, 6) is 2.15. The molecule has 0 fully saturated rings. The number of nitrogens with zero attached hydrogens (tertiary/aromatic N) is 1. The van der Waals surface area contributed by atoms with E-state index >= 15 is 0 Å². The van der Waals surface area contributed by atoms with Crippen LogP contribution in [0.15, 0.2) is 29.3 Å². The van der Waals surface area contributed by atoms with Crippen LogP contribution >= 0.6 is 24.0 Å². The Morgan fingerprint density at radius 2 is 1.88 bits per heavy atom. The second-order valence-electron chi connectivity index (χ2n) is 6.36. The van der Waals surface area contributed by atoms with E-state index in [-0.39, 0.29) is 29.6 Å². The topological polar surface area (TPSA) is 54.9 Å². The third-order valence-corrected chi connectivity index (χ3v) is 3.65. The molecular weight excluding hydrogens is 417 g/mol. The first-order valence-corrected chi connectivity index (χ1v) is 8.11. The second-order valence-corrected chi connectivity index (χ2v) is 6.36. The summed E-state index contributed by atoms with van der Waals surface area (Å²) in [5.41, 5.74) is 1.00. The van der Waals surface area contributed by atoms with E-state index in [0.717, 1.165) is 11.7 Å². The highest BCUT2D eigenvalue weighted by molar-refractivity contribution is 14.0. The minimum absolute atomic E-state index is 0. The maximum atomic E-state index is 5.89. The minimum atomic E-state index is -0.232. The van der Waals surface area contributed by atoms with Crippen molar-refractivity contribution in [2.75, 3.05) is 33.9 Å². The highest BCUT2D eigenvalue weighted by Gasteiger charge is 2.16. The van der Waals surface area contributed by atoms with Gasteiger partial charge in [0.2, 0.25) is 0 Å². The fourth-order valence-electron chi connectivity index (χ4n) is 2.01. The van der Waals surface area contributed by atoms with E-state index < -0.39 is 0 Å². The first kappa shape index (κ1) is 23.0. The van der Waals surface area contributed by atoms with Gasteiger partial charge in [-0.15, -0.1) is 24.0 Å². The Labute approximate surface area is 163 Å². The van der Waals surface area contributed by atoms with Crippen LogP contribution in [0.5, 0.6) is 5.75 Å². The maximum absolute atomic E-state index is 5.89. The monoisotopic (exact) mass is 449 g/mol. The summed E-state index contributed by atoms with van der Waals surface area (Å²) in [6, 6.07) is 8.18. The molecule has 0 bridgehead atoms. The predicted molar refractivity (Wildman–Crippen MR) is 112 cm³/mol.